The number of carbonyl (C=O) groups excluding carboxylic acids is 1. The maximum absolute atomic E-state index is 11.9. The normalized spacial score (nSPS) is 15.5. The van der Waals surface area contributed by atoms with Gasteiger partial charge in [-0.1, -0.05) is 6.92 Å². The van der Waals surface area contributed by atoms with Crippen LogP contribution in [0.5, 0.6) is 0 Å². The highest BCUT2D eigenvalue weighted by Gasteiger charge is 2.32. The number of aliphatic carboxylic acids is 2. The van der Waals surface area contributed by atoms with Crippen LogP contribution in [0.3, 0.4) is 0 Å². The molecule has 0 spiro atoms. The molecule has 0 aliphatic carbocycles. The van der Waals surface area contributed by atoms with E-state index in [4.69, 9.17) is 15.9 Å². The van der Waals surface area contributed by atoms with E-state index in [0.29, 0.717) is 6.42 Å². The molecule has 5 N–H and O–H groups in total. The van der Waals surface area contributed by atoms with Crippen molar-refractivity contribution >= 4 is 17.8 Å². The van der Waals surface area contributed by atoms with Crippen LogP contribution in [0.1, 0.15) is 33.1 Å². The van der Waals surface area contributed by atoms with E-state index in [-0.39, 0.29) is 19.4 Å². The van der Waals surface area contributed by atoms with Gasteiger partial charge in [0, 0.05) is 13.0 Å². The number of rotatable bonds is 8. The van der Waals surface area contributed by atoms with E-state index in [2.05, 4.69) is 5.32 Å². The maximum atomic E-state index is 11.9. The van der Waals surface area contributed by atoms with Gasteiger partial charge in [-0.2, -0.15) is 0 Å². The summed E-state index contributed by atoms with van der Waals surface area (Å²) < 4.78 is 0. The predicted octanol–water partition coefficient (Wildman–Crippen LogP) is -0.204. The molecule has 0 radical (unpaired) electrons. The van der Waals surface area contributed by atoms with Gasteiger partial charge in [-0.05, 0) is 19.8 Å². The van der Waals surface area contributed by atoms with Crippen LogP contribution in [-0.2, 0) is 14.4 Å². The van der Waals surface area contributed by atoms with Gasteiger partial charge in [0.1, 0.15) is 6.04 Å². The molecule has 0 aromatic carbocycles. The topological polar surface area (TPSA) is 130 Å². The highest BCUT2D eigenvalue weighted by atomic mass is 16.4. The Bertz CT molecular complexity index is 325. The van der Waals surface area contributed by atoms with Crippen molar-refractivity contribution in [3.05, 3.63) is 0 Å². The van der Waals surface area contributed by atoms with E-state index >= 15 is 0 Å². The number of nitrogens with one attached hydrogen (secondary N) is 1. The molecule has 0 aliphatic heterocycles. The number of hydrogen-bond donors (Lipinski definition) is 4. The molecule has 18 heavy (non-hydrogen) atoms. The monoisotopic (exact) mass is 260 g/mol. The summed E-state index contributed by atoms with van der Waals surface area (Å²) in [5, 5.41) is 19.7. The van der Waals surface area contributed by atoms with Crippen LogP contribution in [-0.4, -0.2) is 40.6 Å². The lowest BCUT2D eigenvalue weighted by Gasteiger charge is -2.27. The third-order valence-corrected chi connectivity index (χ3v) is 3.03. The number of carboxylic acid groups (broad SMARTS) is 2. The molecule has 0 aliphatic rings. The molecule has 2 atom stereocenters. The predicted molar refractivity (Wildman–Crippen MR) is 63.9 cm³/mol. The molecule has 7 heteroatoms. The summed E-state index contributed by atoms with van der Waals surface area (Å²) in [6.07, 6.45) is 0.00405. The molecule has 0 fully saturated rings. The number of carboxylic acids is 2. The van der Waals surface area contributed by atoms with Crippen molar-refractivity contribution in [2.24, 2.45) is 11.1 Å². The Kier molecular flexibility index (Phi) is 6.32. The summed E-state index contributed by atoms with van der Waals surface area (Å²) in [6, 6.07) is -1.20. The van der Waals surface area contributed by atoms with Crippen LogP contribution in [0.15, 0.2) is 0 Å². The minimum Gasteiger partial charge on any atom is -0.481 e. The van der Waals surface area contributed by atoms with Crippen LogP contribution < -0.4 is 11.1 Å². The van der Waals surface area contributed by atoms with Gasteiger partial charge in [-0.15, -0.1) is 0 Å². The van der Waals surface area contributed by atoms with Crippen molar-refractivity contribution in [2.75, 3.05) is 6.54 Å². The molecule has 0 aromatic heterocycles. The highest BCUT2D eigenvalue weighted by Crippen LogP contribution is 2.19. The summed E-state index contributed by atoms with van der Waals surface area (Å²) in [6.45, 7) is 3.51. The SMILES string of the molecule is CCC(C)(CN)C(=O)NC(CCC(=O)O)C(=O)O. The van der Waals surface area contributed by atoms with E-state index in [9.17, 15) is 14.4 Å². The molecule has 1 amide bonds. The quantitative estimate of drug-likeness (QED) is 0.478. The van der Waals surface area contributed by atoms with Gasteiger partial charge in [-0.25, -0.2) is 4.79 Å². The fourth-order valence-electron chi connectivity index (χ4n) is 1.26. The molecule has 0 bridgehead atoms. The average molecular weight is 260 g/mol. The number of amides is 1. The van der Waals surface area contributed by atoms with Crippen LogP contribution in [0.2, 0.25) is 0 Å². The maximum Gasteiger partial charge on any atom is 0.326 e. The first-order valence-corrected chi connectivity index (χ1v) is 5.72. The third kappa shape index (κ3) is 4.70. The number of nitrogens with two attached hydrogens (primary N) is 1. The van der Waals surface area contributed by atoms with Gasteiger partial charge in [-0.3, -0.25) is 9.59 Å². The van der Waals surface area contributed by atoms with Gasteiger partial charge in [0.2, 0.25) is 5.91 Å². The molecular weight excluding hydrogens is 240 g/mol. The molecule has 0 aromatic rings. The Morgan fingerprint density at radius 1 is 1.33 bits per heavy atom. The fraction of sp³-hybridized carbons (Fsp3) is 0.727. The van der Waals surface area contributed by atoms with Crippen molar-refractivity contribution < 1.29 is 24.6 Å². The zero-order valence-corrected chi connectivity index (χ0v) is 10.6. The molecule has 0 rings (SSSR count). The van der Waals surface area contributed by atoms with Gasteiger partial charge >= 0.3 is 11.9 Å². The van der Waals surface area contributed by atoms with Crippen molar-refractivity contribution in [1.82, 2.24) is 5.32 Å². The second kappa shape index (κ2) is 6.95. The second-order valence-corrected chi connectivity index (χ2v) is 4.42. The summed E-state index contributed by atoms with van der Waals surface area (Å²) in [4.78, 5) is 33.2. The van der Waals surface area contributed by atoms with Crippen molar-refractivity contribution in [1.29, 1.82) is 0 Å². The zero-order valence-electron chi connectivity index (χ0n) is 10.6. The standard InChI is InChI=1S/C11H20N2O5/c1-3-11(2,6-12)10(18)13-7(9(16)17)4-5-8(14)15/h7H,3-6,12H2,1-2H3,(H,13,18)(H,14,15)(H,16,17). The first-order valence-electron chi connectivity index (χ1n) is 5.72. The molecule has 0 heterocycles. The van der Waals surface area contributed by atoms with Gasteiger partial charge < -0.3 is 21.3 Å². The smallest absolute Gasteiger partial charge is 0.326 e. The van der Waals surface area contributed by atoms with E-state index in [1.807, 2.05) is 0 Å². The Hall–Kier alpha value is -1.63. The first kappa shape index (κ1) is 16.4. The molecule has 0 saturated heterocycles. The zero-order chi connectivity index (χ0) is 14.3. The summed E-state index contributed by atoms with van der Waals surface area (Å²) in [5.74, 6) is -2.82. The Morgan fingerprint density at radius 2 is 1.89 bits per heavy atom. The fourth-order valence-corrected chi connectivity index (χ4v) is 1.26. The van der Waals surface area contributed by atoms with Crippen LogP contribution >= 0.6 is 0 Å². The molecular formula is C11H20N2O5. The second-order valence-electron chi connectivity index (χ2n) is 4.42. The number of hydrogen-bond acceptors (Lipinski definition) is 4. The number of carbonyl (C=O) groups is 3. The third-order valence-electron chi connectivity index (χ3n) is 3.03. The van der Waals surface area contributed by atoms with Crippen LogP contribution in [0.4, 0.5) is 0 Å². The van der Waals surface area contributed by atoms with E-state index < -0.39 is 29.3 Å². The molecule has 2 unspecified atom stereocenters. The van der Waals surface area contributed by atoms with Gasteiger partial charge in [0.15, 0.2) is 0 Å². The Labute approximate surface area is 105 Å². The highest BCUT2D eigenvalue weighted by molar-refractivity contribution is 5.87. The minimum absolute atomic E-state index is 0.0978. The molecule has 104 valence electrons. The van der Waals surface area contributed by atoms with Crippen LogP contribution in [0, 0.1) is 5.41 Å². The molecule has 0 saturated carbocycles. The Morgan fingerprint density at radius 3 is 2.22 bits per heavy atom. The summed E-state index contributed by atoms with van der Waals surface area (Å²) >= 11 is 0. The lowest BCUT2D eigenvalue weighted by Crippen LogP contribution is -2.50. The van der Waals surface area contributed by atoms with E-state index in [1.165, 1.54) is 0 Å². The van der Waals surface area contributed by atoms with Crippen LogP contribution in [0.25, 0.3) is 0 Å². The average Bonchev–Trinajstić information content (AvgIpc) is 2.32. The van der Waals surface area contributed by atoms with Crippen molar-refractivity contribution in [2.45, 2.75) is 39.2 Å². The van der Waals surface area contributed by atoms with Gasteiger partial charge in [0.05, 0.1) is 5.41 Å². The van der Waals surface area contributed by atoms with E-state index in [1.54, 1.807) is 13.8 Å². The van der Waals surface area contributed by atoms with Crippen molar-refractivity contribution in [3.63, 3.8) is 0 Å². The summed E-state index contributed by atoms with van der Waals surface area (Å²) in [7, 11) is 0. The lowest BCUT2D eigenvalue weighted by molar-refractivity contribution is -0.144. The molecule has 7 nitrogen and oxygen atoms in total. The lowest BCUT2D eigenvalue weighted by atomic mass is 9.86. The van der Waals surface area contributed by atoms with Gasteiger partial charge in [0.25, 0.3) is 0 Å². The minimum atomic E-state index is -1.25. The van der Waals surface area contributed by atoms with E-state index in [0.717, 1.165) is 0 Å². The summed E-state index contributed by atoms with van der Waals surface area (Å²) in [5.41, 5.74) is 4.65. The first-order chi connectivity index (χ1) is 8.26. The van der Waals surface area contributed by atoms with Crippen molar-refractivity contribution in [3.8, 4) is 0 Å². The Balaban J connectivity index is 4.63. The largest absolute Gasteiger partial charge is 0.481 e.